The summed E-state index contributed by atoms with van der Waals surface area (Å²) in [5.74, 6) is 1.28. The normalized spacial score (nSPS) is 13.1. The van der Waals surface area contributed by atoms with Crippen LogP contribution >= 0.6 is 0 Å². The van der Waals surface area contributed by atoms with E-state index < -0.39 is 0 Å². The number of carbonyl (C=O) groups is 1. The number of fused-ring (bicyclic) bond motifs is 1. The number of benzene rings is 1. The average Bonchev–Trinajstić information content (AvgIpc) is 2.74. The zero-order valence-corrected chi connectivity index (χ0v) is 12.0. The monoisotopic (exact) mass is 280 g/mol. The first-order valence-corrected chi connectivity index (χ1v) is 6.55. The predicted octanol–water partition coefficient (Wildman–Crippen LogP) is 1.08. The van der Waals surface area contributed by atoms with Crippen molar-refractivity contribution in [3.63, 3.8) is 0 Å². The third kappa shape index (κ3) is 3.54. The molecule has 0 atom stereocenters. The van der Waals surface area contributed by atoms with Crippen molar-refractivity contribution in [2.45, 2.75) is 26.4 Å². The summed E-state index contributed by atoms with van der Waals surface area (Å²) >= 11 is 0. The Balaban J connectivity index is 1.97. The largest absolute Gasteiger partial charge is 0.507 e. The number of hydrogen-bond donors (Lipinski definition) is 2. The van der Waals surface area contributed by atoms with E-state index in [4.69, 9.17) is 9.47 Å². The van der Waals surface area contributed by atoms with Gasteiger partial charge in [-0.15, -0.1) is 0 Å². The molecule has 110 valence electrons. The van der Waals surface area contributed by atoms with E-state index in [0.717, 1.165) is 0 Å². The van der Waals surface area contributed by atoms with E-state index >= 15 is 0 Å². The molecule has 1 aliphatic rings. The van der Waals surface area contributed by atoms with Crippen molar-refractivity contribution in [1.29, 1.82) is 0 Å². The van der Waals surface area contributed by atoms with Crippen LogP contribution in [0.5, 0.6) is 17.2 Å². The highest BCUT2D eigenvalue weighted by atomic mass is 16.7. The highest BCUT2D eigenvalue weighted by Gasteiger charge is 2.18. The van der Waals surface area contributed by atoms with Gasteiger partial charge in [0, 0.05) is 24.2 Å². The number of carbonyl (C=O) groups excluding carboxylic acids is 1. The summed E-state index contributed by atoms with van der Waals surface area (Å²) in [6.07, 6.45) is 0. The molecule has 1 heterocycles. The van der Waals surface area contributed by atoms with Crippen LogP contribution in [0, 0.1) is 0 Å². The molecule has 1 aromatic carbocycles. The standard InChI is InChI=1S/C14H20N2O4/c1-9(2)15-14(18)7-16(3)6-10-4-12-13(5-11(10)17)20-8-19-12/h4-5,9,17H,6-8H2,1-3H3,(H,15,18). The summed E-state index contributed by atoms with van der Waals surface area (Å²) in [6, 6.07) is 3.41. The van der Waals surface area contributed by atoms with Gasteiger partial charge in [0.2, 0.25) is 12.7 Å². The Morgan fingerprint density at radius 1 is 1.40 bits per heavy atom. The van der Waals surface area contributed by atoms with Crippen LogP contribution in [0.4, 0.5) is 0 Å². The van der Waals surface area contributed by atoms with Crippen molar-refractivity contribution in [1.82, 2.24) is 10.2 Å². The van der Waals surface area contributed by atoms with Crippen LogP contribution in [0.1, 0.15) is 19.4 Å². The van der Waals surface area contributed by atoms with Gasteiger partial charge in [0.1, 0.15) is 5.75 Å². The van der Waals surface area contributed by atoms with Gasteiger partial charge in [-0.05, 0) is 27.0 Å². The number of rotatable bonds is 5. The molecule has 0 aromatic heterocycles. The van der Waals surface area contributed by atoms with E-state index in [2.05, 4.69) is 5.32 Å². The number of ether oxygens (including phenoxy) is 2. The third-order valence-corrected chi connectivity index (χ3v) is 2.88. The summed E-state index contributed by atoms with van der Waals surface area (Å²) in [5.41, 5.74) is 0.703. The average molecular weight is 280 g/mol. The smallest absolute Gasteiger partial charge is 0.234 e. The van der Waals surface area contributed by atoms with Crippen LogP contribution in [-0.4, -0.2) is 42.3 Å². The molecule has 0 bridgehead atoms. The number of phenolic OH excluding ortho intramolecular Hbond substituents is 1. The molecule has 20 heavy (non-hydrogen) atoms. The first-order valence-electron chi connectivity index (χ1n) is 6.55. The summed E-state index contributed by atoms with van der Waals surface area (Å²) < 4.78 is 10.5. The molecule has 0 spiro atoms. The van der Waals surface area contributed by atoms with Gasteiger partial charge in [-0.2, -0.15) is 0 Å². The Bertz CT molecular complexity index is 502. The second-order valence-electron chi connectivity index (χ2n) is 5.23. The highest BCUT2D eigenvalue weighted by Crippen LogP contribution is 2.37. The fourth-order valence-electron chi connectivity index (χ4n) is 2.06. The van der Waals surface area contributed by atoms with Gasteiger partial charge >= 0.3 is 0 Å². The van der Waals surface area contributed by atoms with Crippen LogP contribution in [0.2, 0.25) is 0 Å². The van der Waals surface area contributed by atoms with Gasteiger partial charge in [0.15, 0.2) is 11.5 Å². The van der Waals surface area contributed by atoms with E-state index in [1.54, 1.807) is 12.1 Å². The minimum absolute atomic E-state index is 0.0391. The van der Waals surface area contributed by atoms with Crippen molar-refractivity contribution in [2.24, 2.45) is 0 Å². The molecule has 2 rings (SSSR count). The maximum Gasteiger partial charge on any atom is 0.234 e. The van der Waals surface area contributed by atoms with Crippen LogP contribution in [0.25, 0.3) is 0 Å². The lowest BCUT2D eigenvalue weighted by atomic mass is 10.1. The lowest BCUT2D eigenvalue weighted by Gasteiger charge is -2.18. The first kappa shape index (κ1) is 14.5. The fourth-order valence-corrected chi connectivity index (χ4v) is 2.06. The molecule has 0 fully saturated rings. The van der Waals surface area contributed by atoms with Crippen LogP contribution < -0.4 is 14.8 Å². The molecule has 2 N–H and O–H groups in total. The minimum atomic E-state index is -0.0391. The van der Waals surface area contributed by atoms with E-state index in [1.165, 1.54) is 0 Å². The molecule has 0 saturated carbocycles. The first-order chi connectivity index (χ1) is 9.45. The zero-order chi connectivity index (χ0) is 14.7. The Hall–Kier alpha value is -1.95. The number of nitrogens with zero attached hydrogens (tertiary/aromatic N) is 1. The Morgan fingerprint density at radius 3 is 2.70 bits per heavy atom. The molecule has 1 amide bonds. The molecule has 0 aliphatic carbocycles. The zero-order valence-electron chi connectivity index (χ0n) is 12.0. The minimum Gasteiger partial charge on any atom is -0.507 e. The summed E-state index contributed by atoms with van der Waals surface area (Å²) in [6.45, 7) is 4.73. The number of aromatic hydroxyl groups is 1. The maximum atomic E-state index is 11.7. The van der Waals surface area contributed by atoms with Gasteiger partial charge in [-0.25, -0.2) is 0 Å². The van der Waals surface area contributed by atoms with Crippen LogP contribution in [0.15, 0.2) is 12.1 Å². The van der Waals surface area contributed by atoms with Crippen molar-refractivity contribution in [3.8, 4) is 17.2 Å². The number of hydrogen-bond acceptors (Lipinski definition) is 5. The summed E-state index contributed by atoms with van der Waals surface area (Å²) in [7, 11) is 1.82. The molecule has 6 nitrogen and oxygen atoms in total. The second kappa shape index (κ2) is 6.00. The van der Waals surface area contributed by atoms with E-state index in [9.17, 15) is 9.90 Å². The maximum absolute atomic E-state index is 11.7. The van der Waals surface area contributed by atoms with Gasteiger partial charge < -0.3 is 19.9 Å². The predicted molar refractivity (Wildman–Crippen MR) is 73.8 cm³/mol. The van der Waals surface area contributed by atoms with Crippen LogP contribution in [-0.2, 0) is 11.3 Å². The molecule has 0 saturated heterocycles. The van der Waals surface area contributed by atoms with Gasteiger partial charge in [-0.1, -0.05) is 0 Å². The molecule has 0 radical (unpaired) electrons. The van der Waals surface area contributed by atoms with Gasteiger partial charge in [0.25, 0.3) is 0 Å². The Morgan fingerprint density at radius 2 is 2.05 bits per heavy atom. The Kier molecular flexibility index (Phi) is 4.34. The highest BCUT2D eigenvalue weighted by molar-refractivity contribution is 5.78. The Labute approximate surface area is 118 Å². The molecule has 0 unspecified atom stereocenters. The number of likely N-dealkylation sites (N-methyl/N-ethyl adjacent to an activating group) is 1. The summed E-state index contributed by atoms with van der Waals surface area (Å²) in [4.78, 5) is 13.5. The molecular weight excluding hydrogens is 260 g/mol. The number of phenols is 1. The molecule has 1 aliphatic heterocycles. The third-order valence-electron chi connectivity index (χ3n) is 2.88. The quantitative estimate of drug-likeness (QED) is 0.844. The SMILES string of the molecule is CC(C)NC(=O)CN(C)Cc1cc2c(cc1O)OCO2. The molecular formula is C14H20N2O4. The van der Waals surface area contributed by atoms with E-state index in [1.807, 2.05) is 25.8 Å². The van der Waals surface area contributed by atoms with E-state index in [-0.39, 0.29) is 31.0 Å². The summed E-state index contributed by atoms with van der Waals surface area (Å²) in [5, 5.41) is 12.8. The lowest BCUT2D eigenvalue weighted by Crippen LogP contribution is -2.38. The molecule has 6 heteroatoms. The molecule has 1 aromatic rings. The van der Waals surface area contributed by atoms with Crippen molar-refractivity contribution >= 4 is 5.91 Å². The van der Waals surface area contributed by atoms with Crippen molar-refractivity contribution < 1.29 is 19.4 Å². The van der Waals surface area contributed by atoms with Crippen LogP contribution in [0.3, 0.4) is 0 Å². The van der Waals surface area contributed by atoms with Crippen molar-refractivity contribution in [2.75, 3.05) is 20.4 Å². The number of amides is 1. The topological polar surface area (TPSA) is 71.0 Å². The number of nitrogens with one attached hydrogen (secondary N) is 1. The fraction of sp³-hybridized carbons (Fsp3) is 0.500. The van der Waals surface area contributed by atoms with Gasteiger partial charge in [-0.3, -0.25) is 9.69 Å². The van der Waals surface area contributed by atoms with E-state index in [0.29, 0.717) is 23.6 Å². The van der Waals surface area contributed by atoms with Crippen molar-refractivity contribution in [3.05, 3.63) is 17.7 Å². The van der Waals surface area contributed by atoms with Gasteiger partial charge in [0.05, 0.1) is 6.54 Å². The lowest BCUT2D eigenvalue weighted by molar-refractivity contribution is -0.122. The second-order valence-corrected chi connectivity index (χ2v) is 5.23.